The second-order valence-electron chi connectivity index (χ2n) is 3.77. The first-order valence-electron chi connectivity index (χ1n) is 5.08. The summed E-state index contributed by atoms with van der Waals surface area (Å²) in [5, 5.41) is 0.175. The molecule has 0 amide bonds. The van der Waals surface area contributed by atoms with E-state index >= 15 is 0 Å². The van der Waals surface area contributed by atoms with E-state index in [9.17, 15) is 8.42 Å². The molecule has 1 aromatic rings. The zero-order valence-electron chi connectivity index (χ0n) is 10.2. The lowest BCUT2D eigenvalue weighted by atomic mass is 10.4. The third-order valence-electron chi connectivity index (χ3n) is 2.48. The fraction of sp³-hybridized carbons (Fsp3) is 0.500. The Labute approximate surface area is 117 Å². The van der Waals surface area contributed by atoms with Crippen LogP contribution in [0, 0.1) is 0 Å². The van der Waals surface area contributed by atoms with Gasteiger partial charge in [0, 0.05) is 26.4 Å². The molecule has 1 rings (SSSR count). The van der Waals surface area contributed by atoms with Crippen LogP contribution in [0.1, 0.15) is 6.92 Å². The fourth-order valence-electron chi connectivity index (χ4n) is 1.29. The lowest BCUT2D eigenvalue weighted by Gasteiger charge is -2.23. The maximum absolute atomic E-state index is 12.2. The highest BCUT2D eigenvalue weighted by atomic mass is 35.5. The van der Waals surface area contributed by atoms with Crippen molar-refractivity contribution in [1.29, 1.82) is 0 Å². The highest BCUT2D eigenvalue weighted by Crippen LogP contribution is 2.24. The van der Waals surface area contributed by atoms with Crippen molar-refractivity contribution in [3.63, 3.8) is 0 Å². The zero-order valence-corrected chi connectivity index (χ0v) is 12.6. The molecule has 0 fully saturated rings. The molecule has 1 unspecified atom stereocenters. The second-order valence-corrected chi connectivity index (χ2v) is 6.53. The first-order chi connectivity index (χ1) is 8.30. The second kappa shape index (κ2) is 6.16. The molecular formula is C10H14Cl2N2O3S. The summed E-state index contributed by atoms with van der Waals surface area (Å²) in [6.07, 6.45) is 1.18. The van der Waals surface area contributed by atoms with Crippen LogP contribution in [-0.2, 0) is 14.8 Å². The molecule has 8 heteroatoms. The fourth-order valence-corrected chi connectivity index (χ4v) is 2.95. The average Bonchev–Trinajstić information content (AvgIpc) is 2.31. The SMILES string of the molecule is COCC(C)N(C)S(=O)(=O)c1cnc(Cl)c(Cl)c1. The van der Waals surface area contributed by atoms with Crippen molar-refractivity contribution >= 4 is 33.2 Å². The molecule has 1 aromatic heterocycles. The van der Waals surface area contributed by atoms with Crippen LogP contribution in [0.3, 0.4) is 0 Å². The summed E-state index contributed by atoms with van der Waals surface area (Å²) in [5.41, 5.74) is 0. The van der Waals surface area contributed by atoms with Gasteiger partial charge in [-0.2, -0.15) is 4.31 Å². The molecule has 1 atom stereocenters. The third-order valence-corrected chi connectivity index (χ3v) is 5.10. The first kappa shape index (κ1) is 15.7. The van der Waals surface area contributed by atoms with Gasteiger partial charge in [0.1, 0.15) is 10.0 Å². The molecule has 0 spiro atoms. The Bertz CT molecular complexity index is 522. The highest BCUT2D eigenvalue weighted by molar-refractivity contribution is 7.89. The number of likely N-dealkylation sites (N-methyl/N-ethyl adjacent to an activating group) is 1. The van der Waals surface area contributed by atoms with Gasteiger partial charge in [-0.3, -0.25) is 0 Å². The zero-order chi connectivity index (χ0) is 13.9. The van der Waals surface area contributed by atoms with Gasteiger partial charge in [0.05, 0.1) is 11.6 Å². The lowest BCUT2D eigenvalue weighted by Crippen LogP contribution is -2.37. The Morgan fingerprint density at radius 3 is 2.61 bits per heavy atom. The molecule has 5 nitrogen and oxygen atoms in total. The van der Waals surface area contributed by atoms with E-state index in [1.165, 1.54) is 30.7 Å². The number of halogens is 2. The molecule has 0 N–H and O–H groups in total. The number of hydrogen-bond donors (Lipinski definition) is 0. The smallest absolute Gasteiger partial charge is 0.244 e. The largest absolute Gasteiger partial charge is 0.383 e. The molecule has 102 valence electrons. The lowest BCUT2D eigenvalue weighted by molar-refractivity contribution is 0.149. The van der Waals surface area contributed by atoms with Gasteiger partial charge < -0.3 is 4.74 Å². The van der Waals surface area contributed by atoms with Crippen LogP contribution in [0.4, 0.5) is 0 Å². The van der Waals surface area contributed by atoms with E-state index in [0.717, 1.165) is 0 Å². The van der Waals surface area contributed by atoms with Gasteiger partial charge in [-0.15, -0.1) is 0 Å². The number of ether oxygens (including phenoxy) is 1. The van der Waals surface area contributed by atoms with Crippen LogP contribution in [0.15, 0.2) is 17.2 Å². The summed E-state index contributed by atoms with van der Waals surface area (Å²) in [4.78, 5) is 3.73. The molecule has 0 saturated carbocycles. The van der Waals surface area contributed by atoms with E-state index < -0.39 is 10.0 Å². The summed E-state index contributed by atoms with van der Waals surface area (Å²) in [6, 6.07) is 0.983. The van der Waals surface area contributed by atoms with Crippen LogP contribution in [0.5, 0.6) is 0 Å². The normalized spacial score (nSPS) is 13.9. The third kappa shape index (κ3) is 3.33. The standard InChI is InChI=1S/C10H14Cl2N2O3S/c1-7(6-17-3)14(2)18(15,16)8-4-9(11)10(12)13-5-8/h4-5,7H,6H2,1-3H3. The number of pyridine rings is 1. The van der Waals surface area contributed by atoms with Crippen molar-refractivity contribution in [1.82, 2.24) is 9.29 Å². The van der Waals surface area contributed by atoms with Gasteiger partial charge in [-0.05, 0) is 13.0 Å². The van der Waals surface area contributed by atoms with Crippen molar-refractivity contribution in [2.45, 2.75) is 17.9 Å². The van der Waals surface area contributed by atoms with Gasteiger partial charge in [0.15, 0.2) is 0 Å². The summed E-state index contributed by atoms with van der Waals surface area (Å²) in [7, 11) is -0.667. The van der Waals surface area contributed by atoms with Crippen LogP contribution in [0.2, 0.25) is 10.2 Å². The van der Waals surface area contributed by atoms with E-state index in [1.807, 2.05) is 0 Å². The number of rotatable bonds is 5. The monoisotopic (exact) mass is 312 g/mol. The quantitative estimate of drug-likeness (QED) is 0.781. The van der Waals surface area contributed by atoms with E-state index in [1.54, 1.807) is 6.92 Å². The summed E-state index contributed by atoms with van der Waals surface area (Å²) in [5.74, 6) is 0. The molecule has 0 radical (unpaired) electrons. The van der Waals surface area contributed by atoms with Gasteiger partial charge >= 0.3 is 0 Å². The van der Waals surface area contributed by atoms with Crippen LogP contribution < -0.4 is 0 Å². The molecule has 0 bridgehead atoms. The predicted octanol–water partition coefficient (Wildman–Crippen LogP) is 2.04. The maximum Gasteiger partial charge on any atom is 0.244 e. The molecule has 0 aromatic carbocycles. The first-order valence-corrected chi connectivity index (χ1v) is 7.28. The molecule has 0 aliphatic carbocycles. The topological polar surface area (TPSA) is 59.5 Å². The van der Waals surface area contributed by atoms with Crippen LogP contribution in [0.25, 0.3) is 0 Å². The van der Waals surface area contributed by atoms with Crippen molar-refractivity contribution in [2.24, 2.45) is 0 Å². The minimum atomic E-state index is -3.65. The Balaban J connectivity index is 3.09. The summed E-state index contributed by atoms with van der Waals surface area (Å²) < 4.78 is 30.6. The van der Waals surface area contributed by atoms with E-state index in [0.29, 0.717) is 6.61 Å². The molecule has 0 aliphatic heterocycles. The Morgan fingerprint density at radius 2 is 2.11 bits per heavy atom. The van der Waals surface area contributed by atoms with Crippen molar-refractivity contribution in [3.8, 4) is 0 Å². The van der Waals surface area contributed by atoms with Gasteiger partial charge in [-0.1, -0.05) is 23.2 Å². The van der Waals surface area contributed by atoms with Gasteiger partial charge in [0.2, 0.25) is 10.0 Å². The summed E-state index contributed by atoms with van der Waals surface area (Å²) in [6.45, 7) is 2.04. The highest BCUT2D eigenvalue weighted by Gasteiger charge is 2.26. The minimum Gasteiger partial charge on any atom is -0.383 e. The number of hydrogen-bond acceptors (Lipinski definition) is 4. The Kier molecular flexibility index (Phi) is 5.36. The predicted molar refractivity (Wildman–Crippen MR) is 70.5 cm³/mol. The number of aromatic nitrogens is 1. The van der Waals surface area contributed by atoms with Crippen molar-refractivity contribution < 1.29 is 13.2 Å². The van der Waals surface area contributed by atoms with E-state index in [4.69, 9.17) is 27.9 Å². The summed E-state index contributed by atoms with van der Waals surface area (Å²) >= 11 is 11.4. The number of methoxy groups -OCH3 is 1. The number of nitrogens with zero attached hydrogens (tertiary/aromatic N) is 2. The van der Waals surface area contributed by atoms with E-state index in [2.05, 4.69) is 4.98 Å². The maximum atomic E-state index is 12.2. The van der Waals surface area contributed by atoms with Crippen molar-refractivity contribution in [2.75, 3.05) is 20.8 Å². The Morgan fingerprint density at radius 1 is 1.50 bits per heavy atom. The van der Waals surface area contributed by atoms with Crippen molar-refractivity contribution in [3.05, 3.63) is 22.4 Å². The number of sulfonamides is 1. The molecule has 0 saturated heterocycles. The minimum absolute atomic E-state index is 0.00218. The van der Waals surface area contributed by atoms with Gasteiger partial charge in [0.25, 0.3) is 0 Å². The van der Waals surface area contributed by atoms with Crippen LogP contribution in [-0.4, -0.2) is 44.5 Å². The molecule has 18 heavy (non-hydrogen) atoms. The van der Waals surface area contributed by atoms with E-state index in [-0.39, 0.29) is 21.1 Å². The average molecular weight is 313 g/mol. The Hall–Kier alpha value is -0.400. The van der Waals surface area contributed by atoms with Crippen LogP contribution >= 0.6 is 23.2 Å². The molecular weight excluding hydrogens is 299 g/mol. The molecule has 1 heterocycles. The molecule has 0 aliphatic rings. The van der Waals surface area contributed by atoms with Gasteiger partial charge in [-0.25, -0.2) is 13.4 Å².